The summed E-state index contributed by atoms with van der Waals surface area (Å²) in [5.41, 5.74) is 1.44. The Morgan fingerprint density at radius 1 is 1.18 bits per heavy atom. The van der Waals surface area contributed by atoms with E-state index in [1.165, 1.54) is 6.33 Å². The van der Waals surface area contributed by atoms with Gasteiger partial charge in [0.15, 0.2) is 0 Å². The van der Waals surface area contributed by atoms with Crippen molar-refractivity contribution in [2.45, 2.75) is 6.42 Å². The molecule has 2 rings (SSSR count). The standard InChI is InChI=1S/C16H20N6/c1-22(2)8-4-7-18-15-10-16(20-12-19-15)21-14-6-3-5-13(9-14)11-17/h3,5-6,9-10,12H,4,7-8H2,1-2H3,(H2,18,19,20,21). The number of benzene rings is 1. The topological polar surface area (TPSA) is 76.9 Å². The maximum Gasteiger partial charge on any atom is 0.135 e. The third-order valence-electron chi connectivity index (χ3n) is 3.02. The highest BCUT2D eigenvalue weighted by Gasteiger charge is 2.01. The summed E-state index contributed by atoms with van der Waals surface area (Å²) < 4.78 is 0. The van der Waals surface area contributed by atoms with Crippen LogP contribution in [0.25, 0.3) is 0 Å². The molecule has 1 aromatic carbocycles. The van der Waals surface area contributed by atoms with Gasteiger partial charge in [-0.2, -0.15) is 5.26 Å². The second-order valence-electron chi connectivity index (χ2n) is 5.19. The highest BCUT2D eigenvalue weighted by molar-refractivity contribution is 5.60. The molecule has 0 bridgehead atoms. The van der Waals surface area contributed by atoms with Gasteiger partial charge in [-0.05, 0) is 45.3 Å². The van der Waals surface area contributed by atoms with Gasteiger partial charge in [0.1, 0.15) is 18.0 Å². The van der Waals surface area contributed by atoms with Crippen molar-refractivity contribution in [3.63, 3.8) is 0 Å². The number of hydrogen-bond acceptors (Lipinski definition) is 6. The van der Waals surface area contributed by atoms with Crippen LogP contribution in [0.1, 0.15) is 12.0 Å². The highest BCUT2D eigenvalue weighted by Crippen LogP contribution is 2.17. The van der Waals surface area contributed by atoms with Gasteiger partial charge < -0.3 is 15.5 Å². The number of anilines is 3. The Balaban J connectivity index is 1.94. The van der Waals surface area contributed by atoms with Gasteiger partial charge in [0, 0.05) is 18.3 Å². The van der Waals surface area contributed by atoms with Crippen LogP contribution in [0.15, 0.2) is 36.7 Å². The average molecular weight is 296 g/mol. The van der Waals surface area contributed by atoms with Gasteiger partial charge >= 0.3 is 0 Å². The van der Waals surface area contributed by atoms with Crippen molar-refractivity contribution in [2.24, 2.45) is 0 Å². The minimum Gasteiger partial charge on any atom is -0.370 e. The molecule has 6 heteroatoms. The Morgan fingerprint density at radius 3 is 2.77 bits per heavy atom. The van der Waals surface area contributed by atoms with Crippen molar-refractivity contribution in [3.05, 3.63) is 42.2 Å². The molecule has 6 nitrogen and oxygen atoms in total. The Morgan fingerprint density at radius 2 is 2.00 bits per heavy atom. The molecule has 0 fully saturated rings. The Labute approximate surface area is 130 Å². The molecule has 0 spiro atoms. The van der Waals surface area contributed by atoms with E-state index < -0.39 is 0 Å². The first-order valence-electron chi connectivity index (χ1n) is 7.15. The van der Waals surface area contributed by atoms with Gasteiger partial charge in [-0.25, -0.2) is 9.97 Å². The Bertz CT molecular complexity index is 647. The van der Waals surface area contributed by atoms with Gasteiger partial charge in [0.25, 0.3) is 0 Å². The lowest BCUT2D eigenvalue weighted by Crippen LogP contribution is -2.16. The molecule has 0 atom stereocenters. The highest BCUT2D eigenvalue weighted by atomic mass is 15.1. The Kier molecular flexibility index (Phi) is 5.69. The molecule has 0 aliphatic heterocycles. The van der Waals surface area contributed by atoms with E-state index in [0.29, 0.717) is 11.4 Å². The molecule has 2 N–H and O–H groups in total. The van der Waals surface area contributed by atoms with Crippen molar-refractivity contribution in [3.8, 4) is 6.07 Å². The van der Waals surface area contributed by atoms with Crippen LogP contribution in [0.4, 0.5) is 17.3 Å². The molecule has 0 radical (unpaired) electrons. The normalized spacial score (nSPS) is 10.3. The van der Waals surface area contributed by atoms with Crippen molar-refractivity contribution in [1.29, 1.82) is 5.26 Å². The number of hydrogen-bond donors (Lipinski definition) is 2. The first-order valence-corrected chi connectivity index (χ1v) is 7.15. The van der Waals surface area contributed by atoms with E-state index in [-0.39, 0.29) is 0 Å². The molecule has 114 valence electrons. The summed E-state index contributed by atoms with van der Waals surface area (Å²) in [6.45, 7) is 1.89. The van der Waals surface area contributed by atoms with E-state index in [0.717, 1.165) is 31.0 Å². The van der Waals surface area contributed by atoms with E-state index in [1.807, 2.05) is 18.2 Å². The van der Waals surface area contributed by atoms with Crippen molar-refractivity contribution < 1.29 is 0 Å². The molecule has 0 saturated heterocycles. The van der Waals surface area contributed by atoms with E-state index in [1.54, 1.807) is 12.1 Å². The largest absolute Gasteiger partial charge is 0.370 e. The second-order valence-corrected chi connectivity index (χ2v) is 5.19. The van der Waals surface area contributed by atoms with Gasteiger partial charge in [-0.1, -0.05) is 6.07 Å². The summed E-state index contributed by atoms with van der Waals surface area (Å²) in [5.74, 6) is 1.48. The monoisotopic (exact) mass is 296 g/mol. The molecule has 22 heavy (non-hydrogen) atoms. The van der Waals surface area contributed by atoms with Crippen molar-refractivity contribution in [2.75, 3.05) is 37.8 Å². The molecule has 1 heterocycles. The fourth-order valence-electron chi connectivity index (χ4n) is 1.95. The third-order valence-corrected chi connectivity index (χ3v) is 3.02. The smallest absolute Gasteiger partial charge is 0.135 e. The minimum atomic E-state index is 0.612. The van der Waals surface area contributed by atoms with Crippen LogP contribution < -0.4 is 10.6 Å². The molecule has 0 unspecified atom stereocenters. The SMILES string of the molecule is CN(C)CCCNc1cc(Nc2cccc(C#N)c2)ncn1. The molecule has 0 amide bonds. The maximum absolute atomic E-state index is 8.91. The van der Waals surface area contributed by atoms with Crippen LogP contribution in [0, 0.1) is 11.3 Å². The minimum absolute atomic E-state index is 0.612. The zero-order chi connectivity index (χ0) is 15.8. The molecular weight excluding hydrogens is 276 g/mol. The van der Waals surface area contributed by atoms with Crippen LogP contribution in [0.5, 0.6) is 0 Å². The lowest BCUT2D eigenvalue weighted by Gasteiger charge is -2.11. The first kappa shape index (κ1) is 15.7. The zero-order valence-corrected chi connectivity index (χ0v) is 12.9. The average Bonchev–Trinajstić information content (AvgIpc) is 2.52. The van der Waals surface area contributed by atoms with Crippen molar-refractivity contribution in [1.82, 2.24) is 14.9 Å². The summed E-state index contributed by atoms with van der Waals surface area (Å²) in [4.78, 5) is 10.5. The molecular formula is C16H20N6. The summed E-state index contributed by atoms with van der Waals surface area (Å²) in [6, 6.07) is 11.3. The number of aromatic nitrogens is 2. The molecule has 0 saturated carbocycles. The lowest BCUT2D eigenvalue weighted by molar-refractivity contribution is 0.405. The second kappa shape index (κ2) is 7.96. The number of nitrogens with one attached hydrogen (secondary N) is 2. The van der Waals surface area contributed by atoms with Gasteiger partial charge in [-0.3, -0.25) is 0 Å². The first-order chi connectivity index (χ1) is 10.7. The molecule has 2 aromatic rings. The number of nitriles is 1. The summed E-state index contributed by atoms with van der Waals surface area (Å²) in [6.07, 6.45) is 2.56. The van der Waals surface area contributed by atoms with Gasteiger partial charge in [-0.15, -0.1) is 0 Å². The van der Waals surface area contributed by atoms with Crippen LogP contribution in [-0.2, 0) is 0 Å². The maximum atomic E-state index is 8.91. The quantitative estimate of drug-likeness (QED) is 0.764. The predicted octanol–water partition coefficient (Wildman–Crippen LogP) is 2.46. The van der Waals surface area contributed by atoms with Crippen molar-refractivity contribution >= 4 is 17.3 Å². The predicted molar refractivity (Wildman–Crippen MR) is 88.1 cm³/mol. The van der Waals surface area contributed by atoms with Crippen LogP contribution >= 0.6 is 0 Å². The fourth-order valence-corrected chi connectivity index (χ4v) is 1.95. The fraction of sp³-hybridized carbons (Fsp3) is 0.312. The molecule has 0 aliphatic rings. The van der Waals surface area contributed by atoms with Crippen LogP contribution in [-0.4, -0.2) is 42.1 Å². The number of nitrogens with zero attached hydrogens (tertiary/aromatic N) is 4. The lowest BCUT2D eigenvalue weighted by atomic mass is 10.2. The van der Waals surface area contributed by atoms with E-state index in [4.69, 9.17) is 5.26 Å². The summed E-state index contributed by atoms with van der Waals surface area (Å²) in [7, 11) is 4.12. The summed E-state index contributed by atoms with van der Waals surface area (Å²) in [5, 5.41) is 15.4. The molecule has 1 aromatic heterocycles. The summed E-state index contributed by atoms with van der Waals surface area (Å²) >= 11 is 0. The van der Waals surface area contributed by atoms with Gasteiger partial charge in [0.05, 0.1) is 11.6 Å². The van der Waals surface area contributed by atoms with E-state index in [9.17, 15) is 0 Å². The zero-order valence-electron chi connectivity index (χ0n) is 12.9. The van der Waals surface area contributed by atoms with Crippen LogP contribution in [0.2, 0.25) is 0 Å². The van der Waals surface area contributed by atoms with E-state index >= 15 is 0 Å². The molecule has 0 aliphatic carbocycles. The third kappa shape index (κ3) is 5.04. The van der Waals surface area contributed by atoms with Crippen LogP contribution in [0.3, 0.4) is 0 Å². The Hall–Kier alpha value is -2.65. The van der Waals surface area contributed by atoms with E-state index in [2.05, 4.69) is 45.7 Å². The van der Waals surface area contributed by atoms with Gasteiger partial charge in [0.2, 0.25) is 0 Å². The number of rotatable bonds is 7.